The van der Waals surface area contributed by atoms with Crippen molar-refractivity contribution >= 4 is 39.2 Å². The van der Waals surface area contributed by atoms with Gasteiger partial charge < -0.3 is 10.1 Å². The van der Waals surface area contributed by atoms with E-state index in [9.17, 15) is 22.4 Å². The van der Waals surface area contributed by atoms with Crippen LogP contribution >= 0.6 is 11.6 Å². The van der Waals surface area contributed by atoms with Gasteiger partial charge >= 0.3 is 5.97 Å². The van der Waals surface area contributed by atoms with Crippen molar-refractivity contribution in [2.75, 3.05) is 19.0 Å². The average molecular weight is 483 g/mol. The second-order valence-electron chi connectivity index (χ2n) is 7.56. The number of nitrogens with one attached hydrogen (secondary N) is 1. The first-order chi connectivity index (χ1) is 15.2. The SMILES string of the molecule is CN(C1CCCCC1)S(=O)(=O)c1ccccc1NC(=O)COC(=O)c1ccc(Cl)cc1F. The minimum Gasteiger partial charge on any atom is -0.452 e. The summed E-state index contributed by atoms with van der Waals surface area (Å²) in [5.74, 6) is -2.66. The fraction of sp³-hybridized carbons (Fsp3) is 0.364. The molecule has 2 aromatic carbocycles. The Morgan fingerprint density at radius 3 is 2.53 bits per heavy atom. The molecular formula is C22H24ClFN2O5S. The maximum absolute atomic E-state index is 13.8. The van der Waals surface area contributed by atoms with E-state index in [0.29, 0.717) is 0 Å². The normalized spacial score (nSPS) is 14.9. The number of sulfonamides is 1. The monoisotopic (exact) mass is 482 g/mol. The summed E-state index contributed by atoms with van der Waals surface area (Å²) in [5, 5.41) is 2.59. The molecule has 7 nitrogen and oxygen atoms in total. The highest BCUT2D eigenvalue weighted by molar-refractivity contribution is 7.89. The Hall–Kier alpha value is -2.49. The van der Waals surface area contributed by atoms with Gasteiger partial charge in [0, 0.05) is 18.1 Å². The van der Waals surface area contributed by atoms with Crippen LogP contribution in [0.5, 0.6) is 0 Å². The van der Waals surface area contributed by atoms with Gasteiger partial charge in [0.1, 0.15) is 10.7 Å². The van der Waals surface area contributed by atoms with E-state index in [0.717, 1.165) is 44.2 Å². The molecule has 0 bridgehead atoms. The topological polar surface area (TPSA) is 92.8 Å². The molecule has 0 radical (unpaired) electrons. The second-order valence-corrected chi connectivity index (χ2v) is 9.96. The van der Waals surface area contributed by atoms with Gasteiger partial charge in [-0.15, -0.1) is 0 Å². The number of hydrogen-bond donors (Lipinski definition) is 1. The molecule has 1 aliphatic rings. The molecule has 32 heavy (non-hydrogen) atoms. The van der Waals surface area contributed by atoms with Gasteiger partial charge in [-0.3, -0.25) is 4.79 Å². The van der Waals surface area contributed by atoms with Gasteiger partial charge in [-0.25, -0.2) is 17.6 Å². The van der Waals surface area contributed by atoms with Gasteiger partial charge in [-0.05, 0) is 43.2 Å². The van der Waals surface area contributed by atoms with Crippen LogP contribution in [0, 0.1) is 5.82 Å². The average Bonchev–Trinajstić information content (AvgIpc) is 2.78. The Morgan fingerprint density at radius 1 is 1.16 bits per heavy atom. The quantitative estimate of drug-likeness (QED) is 0.596. The minimum atomic E-state index is -3.85. The first-order valence-corrected chi connectivity index (χ1v) is 12.0. The van der Waals surface area contributed by atoms with Crippen molar-refractivity contribution in [1.29, 1.82) is 0 Å². The number of carbonyl (C=O) groups excluding carboxylic acids is 2. The third-order valence-corrected chi connectivity index (χ3v) is 7.60. The van der Waals surface area contributed by atoms with E-state index in [-0.39, 0.29) is 27.2 Å². The van der Waals surface area contributed by atoms with Gasteiger partial charge in [0.15, 0.2) is 6.61 Å². The lowest BCUT2D eigenvalue weighted by molar-refractivity contribution is -0.119. The zero-order chi connectivity index (χ0) is 23.3. The van der Waals surface area contributed by atoms with Crippen LogP contribution in [0.2, 0.25) is 5.02 Å². The number of para-hydroxylation sites is 1. The molecule has 0 unspecified atom stereocenters. The summed E-state index contributed by atoms with van der Waals surface area (Å²) in [7, 11) is -2.30. The fourth-order valence-electron chi connectivity index (χ4n) is 3.64. The Bertz CT molecular complexity index is 1100. The zero-order valence-corrected chi connectivity index (χ0v) is 19.1. The standard InChI is InChI=1S/C22H24ClFN2O5S/c1-26(16-7-3-2-4-8-16)32(29,30)20-10-6-5-9-19(20)25-21(27)14-31-22(28)17-12-11-15(23)13-18(17)24/h5-6,9-13,16H,2-4,7-8,14H2,1H3,(H,25,27). The molecule has 10 heteroatoms. The van der Waals surface area contributed by atoms with E-state index < -0.39 is 34.3 Å². The van der Waals surface area contributed by atoms with Crippen LogP contribution in [-0.2, 0) is 19.6 Å². The fourth-order valence-corrected chi connectivity index (χ4v) is 5.36. The van der Waals surface area contributed by atoms with Crippen LogP contribution < -0.4 is 5.32 Å². The van der Waals surface area contributed by atoms with Crippen molar-refractivity contribution < 1.29 is 27.1 Å². The summed E-state index contributed by atoms with van der Waals surface area (Å²) in [5.41, 5.74) is -0.284. The van der Waals surface area contributed by atoms with Crippen molar-refractivity contribution in [3.63, 3.8) is 0 Å². The molecule has 1 aliphatic carbocycles. The molecule has 1 amide bonds. The summed E-state index contributed by atoms with van der Waals surface area (Å²) < 4.78 is 46.4. The Morgan fingerprint density at radius 2 is 1.84 bits per heavy atom. The third-order valence-electron chi connectivity index (χ3n) is 5.39. The van der Waals surface area contributed by atoms with Crippen molar-refractivity contribution in [3.05, 3.63) is 58.9 Å². The number of rotatable bonds is 7. The van der Waals surface area contributed by atoms with Crippen LogP contribution in [0.15, 0.2) is 47.4 Å². The van der Waals surface area contributed by atoms with Crippen LogP contribution in [0.4, 0.5) is 10.1 Å². The highest BCUT2D eigenvalue weighted by atomic mass is 35.5. The summed E-state index contributed by atoms with van der Waals surface area (Å²) >= 11 is 5.65. The molecule has 0 heterocycles. The zero-order valence-electron chi connectivity index (χ0n) is 17.5. The molecule has 0 spiro atoms. The summed E-state index contributed by atoms with van der Waals surface area (Å²) in [6.07, 6.45) is 4.63. The van der Waals surface area contributed by atoms with E-state index in [1.54, 1.807) is 19.2 Å². The highest BCUT2D eigenvalue weighted by Gasteiger charge is 2.31. The maximum Gasteiger partial charge on any atom is 0.341 e. The number of nitrogens with zero attached hydrogens (tertiary/aromatic N) is 1. The molecule has 0 saturated heterocycles. The van der Waals surface area contributed by atoms with Gasteiger partial charge in [0.2, 0.25) is 10.0 Å². The maximum atomic E-state index is 13.8. The molecule has 172 valence electrons. The molecule has 0 aliphatic heterocycles. The lowest BCUT2D eigenvalue weighted by Gasteiger charge is -2.30. The van der Waals surface area contributed by atoms with Crippen LogP contribution in [-0.4, -0.2) is 44.3 Å². The summed E-state index contributed by atoms with van der Waals surface area (Å²) in [6, 6.07) is 9.38. The number of anilines is 1. The minimum absolute atomic E-state index is 0.0449. The Labute approximate surface area is 191 Å². The van der Waals surface area contributed by atoms with Gasteiger partial charge in [0.05, 0.1) is 11.3 Å². The summed E-state index contributed by atoms with van der Waals surface area (Å²) in [6.45, 7) is -0.715. The molecule has 3 rings (SSSR count). The van der Waals surface area contributed by atoms with Gasteiger partial charge in [0.25, 0.3) is 5.91 Å². The predicted molar refractivity (Wildman–Crippen MR) is 119 cm³/mol. The number of benzene rings is 2. The molecule has 1 N–H and O–H groups in total. The van der Waals surface area contributed by atoms with E-state index in [4.69, 9.17) is 16.3 Å². The Kier molecular flexibility index (Phi) is 7.86. The van der Waals surface area contributed by atoms with Gasteiger partial charge in [-0.2, -0.15) is 4.31 Å². The van der Waals surface area contributed by atoms with E-state index >= 15 is 0 Å². The number of carbonyl (C=O) groups is 2. The van der Waals surface area contributed by atoms with Crippen molar-refractivity contribution in [2.24, 2.45) is 0 Å². The molecule has 2 aromatic rings. The number of halogens is 2. The van der Waals surface area contributed by atoms with Crippen LogP contribution in [0.25, 0.3) is 0 Å². The molecule has 1 saturated carbocycles. The van der Waals surface area contributed by atoms with E-state index in [1.807, 2.05) is 0 Å². The van der Waals surface area contributed by atoms with Crippen molar-refractivity contribution in [3.8, 4) is 0 Å². The molecule has 0 aromatic heterocycles. The van der Waals surface area contributed by atoms with Gasteiger partial charge in [-0.1, -0.05) is 43.0 Å². The second kappa shape index (κ2) is 10.4. The number of hydrogen-bond acceptors (Lipinski definition) is 5. The Balaban J connectivity index is 1.69. The van der Waals surface area contributed by atoms with Crippen LogP contribution in [0.3, 0.4) is 0 Å². The first kappa shape index (κ1) is 24.2. The lowest BCUT2D eigenvalue weighted by Crippen LogP contribution is -2.38. The van der Waals surface area contributed by atoms with Crippen molar-refractivity contribution in [1.82, 2.24) is 4.31 Å². The van der Waals surface area contributed by atoms with E-state index in [1.165, 1.54) is 22.5 Å². The first-order valence-electron chi connectivity index (χ1n) is 10.2. The number of amides is 1. The molecule has 0 atom stereocenters. The molecular weight excluding hydrogens is 459 g/mol. The number of esters is 1. The van der Waals surface area contributed by atoms with E-state index in [2.05, 4.69) is 5.32 Å². The van der Waals surface area contributed by atoms with Crippen LogP contribution in [0.1, 0.15) is 42.5 Å². The predicted octanol–water partition coefficient (Wildman–Crippen LogP) is 4.23. The third kappa shape index (κ3) is 5.65. The highest BCUT2D eigenvalue weighted by Crippen LogP contribution is 2.29. The van der Waals surface area contributed by atoms with Crippen molar-refractivity contribution in [2.45, 2.75) is 43.0 Å². The largest absolute Gasteiger partial charge is 0.452 e. The molecule has 1 fully saturated rings. The summed E-state index contributed by atoms with van der Waals surface area (Å²) in [4.78, 5) is 24.3. The lowest BCUT2D eigenvalue weighted by atomic mass is 9.96. The number of ether oxygens (including phenoxy) is 1. The smallest absolute Gasteiger partial charge is 0.341 e.